The normalized spacial score (nSPS) is 17.3. The van der Waals surface area contributed by atoms with Gasteiger partial charge in [0.25, 0.3) is 0 Å². The van der Waals surface area contributed by atoms with Gasteiger partial charge in [-0.3, -0.25) is 0 Å². The molecule has 0 amide bonds. The van der Waals surface area contributed by atoms with Crippen molar-refractivity contribution in [3.63, 3.8) is 0 Å². The van der Waals surface area contributed by atoms with Crippen LogP contribution >= 0.6 is 11.6 Å². The van der Waals surface area contributed by atoms with Gasteiger partial charge < -0.3 is 4.84 Å². The molecule has 0 radical (unpaired) electrons. The van der Waals surface area contributed by atoms with E-state index in [2.05, 4.69) is 5.16 Å². The molecule has 2 aromatic rings. The van der Waals surface area contributed by atoms with Crippen molar-refractivity contribution in [3.05, 3.63) is 75.6 Å². The Hall–Kier alpha value is -2.13. The number of allylic oxidation sites excluding steroid dienone is 1. The zero-order valence-corrected chi connectivity index (χ0v) is 12.2. The number of hydrogen-bond donors (Lipinski definition) is 0. The second-order valence-electron chi connectivity index (χ2n) is 4.82. The molecule has 3 rings (SSSR count). The largest absolute Gasteiger partial charge is 0.399 e. The molecule has 1 aliphatic rings. The topological polar surface area (TPSA) is 21.6 Å². The lowest BCUT2D eigenvalue weighted by Gasteiger charge is -2.01. The maximum absolute atomic E-state index is 13.0. The van der Waals surface area contributed by atoms with Gasteiger partial charge in [0.05, 0.1) is 0 Å². The van der Waals surface area contributed by atoms with Gasteiger partial charge in [-0.25, -0.2) is 4.39 Å². The lowest BCUT2D eigenvalue weighted by atomic mass is 10.1. The highest BCUT2D eigenvalue weighted by atomic mass is 35.5. The van der Waals surface area contributed by atoms with Gasteiger partial charge in [0.1, 0.15) is 18.6 Å². The van der Waals surface area contributed by atoms with Gasteiger partial charge in [-0.2, -0.15) is 0 Å². The van der Waals surface area contributed by atoms with Crippen LogP contribution in [0.1, 0.15) is 16.7 Å². The Bertz CT molecular complexity index is 735. The summed E-state index contributed by atoms with van der Waals surface area (Å²) < 4.78 is 13.0. The van der Waals surface area contributed by atoms with Crippen molar-refractivity contribution in [3.8, 4) is 0 Å². The van der Waals surface area contributed by atoms with Crippen molar-refractivity contribution in [2.45, 2.75) is 6.42 Å². The minimum Gasteiger partial charge on any atom is -0.399 e. The summed E-state index contributed by atoms with van der Waals surface area (Å²) >= 11 is 6.04. The number of rotatable bonds is 2. The van der Waals surface area contributed by atoms with E-state index < -0.39 is 0 Å². The van der Waals surface area contributed by atoms with Crippen LogP contribution in [0.5, 0.6) is 0 Å². The van der Waals surface area contributed by atoms with E-state index in [1.165, 1.54) is 19.2 Å². The summed E-state index contributed by atoms with van der Waals surface area (Å²) in [6.07, 6.45) is 2.72. The number of benzene rings is 2. The molecule has 0 atom stereocenters. The molecule has 0 spiro atoms. The third-order valence-electron chi connectivity index (χ3n) is 3.40. The fourth-order valence-corrected chi connectivity index (χ4v) is 2.67. The molecule has 0 aromatic heterocycles. The smallest absolute Gasteiger partial charge is 0.123 e. The first kappa shape index (κ1) is 13.8. The molecule has 0 unspecified atom stereocenters. The molecule has 0 fully saturated rings. The molecule has 1 aliphatic carbocycles. The van der Waals surface area contributed by atoms with E-state index in [0.29, 0.717) is 5.02 Å². The summed E-state index contributed by atoms with van der Waals surface area (Å²) in [6.45, 7) is 0. The first-order valence-corrected chi connectivity index (χ1v) is 6.91. The lowest BCUT2D eigenvalue weighted by molar-refractivity contribution is 0.214. The van der Waals surface area contributed by atoms with E-state index in [9.17, 15) is 4.39 Å². The van der Waals surface area contributed by atoms with Gasteiger partial charge >= 0.3 is 0 Å². The van der Waals surface area contributed by atoms with Crippen LogP contribution in [0.3, 0.4) is 0 Å². The highest BCUT2D eigenvalue weighted by Crippen LogP contribution is 2.30. The Morgan fingerprint density at radius 3 is 2.67 bits per heavy atom. The maximum atomic E-state index is 13.0. The lowest BCUT2D eigenvalue weighted by Crippen LogP contribution is -1.99. The molecule has 2 nitrogen and oxygen atoms in total. The number of oxime groups is 1. The fourth-order valence-electron chi connectivity index (χ4n) is 2.48. The molecule has 2 aromatic carbocycles. The van der Waals surface area contributed by atoms with Crippen molar-refractivity contribution in [1.29, 1.82) is 0 Å². The Labute approximate surface area is 127 Å². The fraction of sp³-hybridized carbons (Fsp3) is 0.118. The van der Waals surface area contributed by atoms with Crippen LogP contribution in [0, 0.1) is 5.82 Å². The van der Waals surface area contributed by atoms with Crippen molar-refractivity contribution >= 4 is 23.4 Å². The van der Waals surface area contributed by atoms with E-state index >= 15 is 0 Å². The van der Waals surface area contributed by atoms with Crippen molar-refractivity contribution in [1.82, 2.24) is 0 Å². The third-order valence-corrected chi connectivity index (χ3v) is 3.64. The van der Waals surface area contributed by atoms with Gasteiger partial charge in [0, 0.05) is 17.0 Å². The summed E-state index contributed by atoms with van der Waals surface area (Å²) in [7, 11) is 1.52. The summed E-state index contributed by atoms with van der Waals surface area (Å²) in [4.78, 5) is 4.95. The second kappa shape index (κ2) is 5.70. The molecule has 0 saturated carbocycles. The zero-order chi connectivity index (χ0) is 14.8. The predicted molar refractivity (Wildman–Crippen MR) is 83.1 cm³/mol. The molecule has 4 heteroatoms. The predicted octanol–water partition coefficient (Wildman–Crippen LogP) is 4.47. The molecule has 106 valence electrons. The average molecular weight is 302 g/mol. The minimum absolute atomic E-state index is 0.246. The Morgan fingerprint density at radius 2 is 1.95 bits per heavy atom. The molecule has 0 saturated heterocycles. The van der Waals surface area contributed by atoms with Crippen molar-refractivity contribution < 1.29 is 9.23 Å². The van der Waals surface area contributed by atoms with Crippen molar-refractivity contribution in [2.75, 3.05) is 7.11 Å². The number of hydrogen-bond acceptors (Lipinski definition) is 2. The van der Waals surface area contributed by atoms with Gasteiger partial charge in [-0.05, 0) is 47.0 Å². The van der Waals surface area contributed by atoms with Gasteiger partial charge in [-0.15, -0.1) is 0 Å². The van der Waals surface area contributed by atoms with Crippen LogP contribution in [0.4, 0.5) is 4.39 Å². The van der Waals surface area contributed by atoms with Gasteiger partial charge in [0.15, 0.2) is 0 Å². The Morgan fingerprint density at radius 1 is 1.19 bits per heavy atom. The van der Waals surface area contributed by atoms with E-state index in [1.54, 1.807) is 12.1 Å². The zero-order valence-electron chi connectivity index (χ0n) is 11.4. The highest BCUT2D eigenvalue weighted by Gasteiger charge is 2.23. The first-order chi connectivity index (χ1) is 10.2. The van der Waals surface area contributed by atoms with Gasteiger partial charge in [-0.1, -0.05) is 35.0 Å². The summed E-state index contributed by atoms with van der Waals surface area (Å²) in [5.74, 6) is -0.246. The van der Waals surface area contributed by atoms with E-state index in [1.807, 2.05) is 24.3 Å². The molecule has 0 aliphatic heterocycles. The molecule has 21 heavy (non-hydrogen) atoms. The molecule has 0 N–H and O–H groups in total. The van der Waals surface area contributed by atoms with Crippen LogP contribution in [0.2, 0.25) is 5.02 Å². The molecular formula is C17H13ClFNO. The molecule has 0 bridgehead atoms. The Kier molecular flexibility index (Phi) is 3.76. The SMILES string of the molecule is CO/N=C1/C(=C/c2ccc(F)cc2)Cc2cc(Cl)ccc21. The van der Waals surface area contributed by atoms with E-state index in [4.69, 9.17) is 16.4 Å². The van der Waals surface area contributed by atoms with Crippen LogP contribution in [0.15, 0.2) is 53.2 Å². The third kappa shape index (κ3) is 2.83. The first-order valence-electron chi connectivity index (χ1n) is 6.54. The van der Waals surface area contributed by atoms with E-state index in [-0.39, 0.29) is 5.82 Å². The number of fused-ring (bicyclic) bond motifs is 1. The number of nitrogens with zero attached hydrogens (tertiary/aromatic N) is 1. The van der Waals surface area contributed by atoms with Gasteiger partial charge in [0.2, 0.25) is 0 Å². The summed E-state index contributed by atoms with van der Waals surface area (Å²) in [5.41, 5.74) is 4.89. The van der Waals surface area contributed by atoms with Crippen LogP contribution in [-0.4, -0.2) is 12.8 Å². The van der Waals surface area contributed by atoms with Crippen molar-refractivity contribution in [2.24, 2.45) is 5.16 Å². The highest BCUT2D eigenvalue weighted by molar-refractivity contribution is 6.31. The minimum atomic E-state index is -0.246. The summed E-state index contributed by atoms with van der Waals surface area (Å²) in [6, 6.07) is 12.1. The number of halogens is 2. The standard InChI is InChI=1S/C17H13ClFNO/c1-21-20-17-13(8-11-2-5-15(19)6-3-11)9-12-10-14(18)4-7-16(12)17/h2-8,10H,9H2,1H3/b13-8+,20-17-. The van der Waals surface area contributed by atoms with Crippen LogP contribution in [0.25, 0.3) is 6.08 Å². The summed E-state index contributed by atoms with van der Waals surface area (Å²) in [5, 5.41) is 4.82. The molecule has 0 heterocycles. The monoisotopic (exact) mass is 301 g/mol. The second-order valence-corrected chi connectivity index (χ2v) is 5.26. The Balaban J connectivity index is 2.04. The quantitative estimate of drug-likeness (QED) is 0.750. The maximum Gasteiger partial charge on any atom is 0.123 e. The molecular weight excluding hydrogens is 289 g/mol. The van der Waals surface area contributed by atoms with Crippen LogP contribution in [-0.2, 0) is 11.3 Å². The van der Waals surface area contributed by atoms with Crippen LogP contribution < -0.4 is 0 Å². The van der Waals surface area contributed by atoms with E-state index in [0.717, 1.165) is 34.4 Å². The average Bonchev–Trinajstić information content (AvgIpc) is 2.79.